The van der Waals surface area contributed by atoms with Gasteiger partial charge in [-0.25, -0.2) is 9.78 Å². The first-order valence-electron chi connectivity index (χ1n) is 6.91. The number of carbonyl (C=O) groups excluding carboxylic acids is 1. The summed E-state index contributed by atoms with van der Waals surface area (Å²) in [5.74, 6) is 1.52. The molecule has 19 heavy (non-hydrogen) atoms. The molecule has 2 amide bonds. The van der Waals surface area contributed by atoms with Crippen LogP contribution in [0.3, 0.4) is 0 Å². The average Bonchev–Trinajstić information content (AvgIpc) is 3.14. The van der Waals surface area contributed by atoms with Crippen molar-refractivity contribution in [3.8, 4) is 0 Å². The Morgan fingerprint density at radius 2 is 2.21 bits per heavy atom. The molecule has 1 saturated carbocycles. The molecule has 0 bridgehead atoms. The van der Waals surface area contributed by atoms with Crippen molar-refractivity contribution in [2.45, 2.75) is 39.2 Å². The Labute approximate surface area is 114 Å². The van der Waals surface area contributed by atoms with Gasteiger partial charge in [-0.15, -0.1) is 0 Å². The van der Waals surface area contributed by atoms with E-state index in [0.717, 1.165) is 31.6 Å². The standard InChI is InChI=1S/C14H22N4O/c1-10(2)7-8-15-13-6-5-12(9-16-13)18-14(19)17-11-3-4-11/h5-6,9-11H,3-4,7-8H2,1-2H3,(H,15,16)(H2,17,18,19). The Kier molecular flexibility index (Phi) is 4.60. The van der Waals surface area contributed by atoms with E-state index < -0.39 is 0 Å². The lowest BCUT2D eigenvalue weighted by atomic mass is 10.1. The van der Waals surface area contributed by atoms with Gasteiger partial charge in [0, 0.05) is 12.6 Å². The number of pyridine rings is 1. The van der Waals surface area contributed by atoms with E-state index in [2.05, 4.69) is 34.8 Å². The molecule has 5 heteroatoms. The van der Waals surface area contributed by atoms with Crippen molar-refractivity contribution in [2.75, 3.05) is 17.2 Å². The summed E-state index contributed by atoms with van der Waals surface area (Å²) in [5.41, 5.74) is 0.715. The molecule has 0 aliphatic heterocycles. The van der Waals surface area contributed by atoms with Gasteiger partial charge in [0.25, 0.3) is 0 Å². The molecular weight excluding hydrogens is 240 g/mol. The summed E-state index contributed by atoms with van der Waals surface area (Å²) < 4.78 is 0. The van der Waals surface area contributed by atoms with E-state index in [-0.39, 0.29) is 6.03 Å². The van der Waals surface area contributed by atoms with Crippen LogP contribution in [0, 0.1) is 5.92 Å². The Balaban J connectivity index is 1.75. The van der Waals surface area contributed by atoms with Crippen LogP contribution in [0.5, 0.6) is 0 Å². The molecule has 0 radical (unpaired) electrons. The number of rotatable bonds is 6. The quantitative estimate of drug-likeness (QED) is 0.738. The highest BCUT2D eigenvalue weighted by molar-refractivity contribution is 5.89. The monoisotopic (exact) mass is 262 g/mol. The summed E-state index contributed by atoms with van der Waals surface area (Å²) >= 11 is 0. The maximum Gasteiger partial charge on any atom is 0.319 e. The Morgan fingerprint density at radius 1 is 1.42 bits per heavy atom. The summed E-state index contributed by atoms with van der Waals surface area (Å²) in [6, 6.07) is 3.96. The van der Waals surface area contributed by atoms with Gasteiger partial charge < -0.3 is 16.0 Å². The highest BCUT2D eigenvalue weighted by atomic mass is 16.2. The number of amides is 2. The van der Waals surface area contributed by atoms with Crippen molar-refractivity contribution in [2.24, 2.45) is 5.92 Å². The Morgan fingerprint density at radius 3 is 2.79 bits per heavy atom. The zero-order valence-electron chi connectivity index (χ0n) is 11.6. The zero-order chi connectivity index (χ0) is 13.7. The fraction of sp³-hybridized carbons (Fsp3) is 0.571. The van der Waals surface area contributed by atoms with Gasteiger partial charge in [0.15, 0.2) is 0 Å². The van der Waals surface area contributed by atoms with E-state index in [0.29, 0.717) is 17.6 Å². The first kappa shape index (κ1) is 13.6. The first-order chi connectivity index (χ1) is 9.13. The molecule has 2 rings (SSSR count). The van der Waals surface area contributed by atoms with Crippen molar-refractivity contribution < 1.29 is 4.79 Å². The third-order valence-corrected chi connectivity index (χ3v) is 2.96. The van der Waals surface area contributed by atoms with Crippen LogP contribution < -0.4 is 16.0 Å². The number of urea groups is 1. The van der Waals surface area contributed by atoms with Gasteiger partial charge in [-0.05, 0) is 37.3 Å². The molecule has 0 aromatic carbocycles. The number of aromatic nitrogens is 1. The van der Waals surface area contributed by atoms with Crippen LogP contribution in [0.2, 0.25) is 0 Å². The molecular formula is C14H22N4O. The number of hydrogen-bond donors (Lipinski definition) is 3. The Hall–Kier alpha value is -1.78. The molecule has 0 unspecified atom stereocenters. The number of hydrogen-bond acceptors (Lipinski definition) is 3. The van der Waals surface area contributed by atoms with Gasteiger partial charge in [0.05, 0.1) is 11.9 Å². The topological polar surface area (TPSA) is 66.0 Å². The Bertz CT molecular complexity index is 412. The van der Waals surface area contributed by atoms with Crippen molar-refractivity contribution in [3.05, 3.63) is 18.3 Å². The van der Waals surface area contributed by atoms with Crippen molar-refractivity contribution in [3.63, 3.8) is 0 Å². The van der Waals surface area contributed by atoms with E-state index in [1.165, 1.54) is 0 Å². The van der Waals surface area contributed by atoms with E-state index in [1.807, 2.05) is 12.1 Å². The van der Waals surface area contributed by atoms with E-state index in [9.17, 15) is 4.79 Å². The number of carbonyl (C=O) groups is 1. The summed E-state index contributed by atoms with van der Waals surface area (Å²) in [7, 11) is 0. The minimum atomic E-state index is -0.148. The summed E-state index contributed by atoms with van der Waals surface area (Å²) in [4.78, 5) is 15.8. The summed E-state index contributed by atoms with van der Waals surface area (Å²) in [6.45, 7) is 5.31. The molecule has 104 valence electrons. The predicted octanol–water partition coefficient (Wildman–Crippen LogP) is 2.82. The SMILES string of the molecule is CC(C)CCNc1ccc(NC(=O)NC2CC2)cn1. The molecule has 1 aliphatic rings. The number of nitrogens with one attached hydrogen (secondary N) is 3. The number of anilines is 2. The molecule has 1 heterocycles. The van der Waals surface area contributed by atoms with Crippen LogP contribution in [0.15, 0.2) is 18.3 Å². The third-order valence-electron chi connectivity index (χ3n) is 2.96. The largest absolute Gasteiger partial charge is 0.370 e. The van der Waals surface area contributed by atoms with Crippen LogP contribution in [0.25, 0.3) is 0 Å². The van der Waals surface area contributed by atoms with Gasteiger partial charge in [0.1, 0.15) is 5.82 Å². The maximum absolute atomic E-state index is 11.5. The van der Waals surface area contributed by atoms with Gasteiger partial charge in [-0.3, -0.25) is 0 Å². The molecule has 1 aromatic rings. The molecule has 3 N–H and O–H groups in total. The summed E-state index contributed by atoms with van der Waals surface area (Å²) in [6.07, 6.45) is 4.96. The van der Waals surface area contributed by atoms with Crippen LogP contribution in [0.4, 0.5) is 16.3 Å². The molecule has 1 fully saturated rings. The zero-order valence-corrected chi connectivity index (χ0v) is 11.6. The normalized spacial score (nSPS) is 14.3. The fourth-order valence-corrected chi connectivity index (χ4v) is 1.64. The van der Waals surface area contributed by atoms with Gasteiger partial charge in [-0.2, -0.15) is 0 Å². The van der Waals surface area contributed by atoms with Gasteiger partial charge in [-0.1, -0.05) is 13.8 Å². The molecule has 0 saturated heterocycles. The van der Waals surface area contributed by atoms with Crippen LogP contribution in [0.1, 0.15) is 33.1 Å². The van der Waals surface area contributed by atoms with Crippen molar-refractivity contribution in [1.29, 1.82) is 0 Å². The predicted molar refractivity (Wildman–Crippen MR) is 77.4 cm³/mol. The molecule has 0 spiro atoms. The molecule has 1 aromatic heterocycles. The second-order valence-corrected chi connectivity index (χ2v) is 5.41. The van der Waals surface area contributed by atoms with E-state index >= 15 is 0 Å². The number of nitrogens with zero attached hydrogens (tertiary/aromatic N) is 1. The van der Waals surface area contributed by atoms with E-state index in [1.54, 1.807) is 6.20 Å². The van der Waals surface area contributed by atoms with Crippen LogP contribution in [-0.4, -0.2) is 23.6 Å². The first-order valence-corrected chi connectivity index (χ1v) is 6.91. The highest BCUT2D eigenvalue weighted by Gasteiger charge is 2.23. The fourth-order valence-electron chi connectivity index (χ4n) is 1.64. The smallest absolute Gasteiger partial charge is 0.319 e. The molecule has 1 aliphatic carbocycles. The highest BCUT2D eigenvalue weighted by Crippen LogP contribution is 2.18. The molecule has 5 nitrogen and oxygen atoms in total. The lowest BCUT2D eigenvalue weighted by Gasteiger charge is -2.09. The average molecular weight is 262 g/mol. The lowest BCUT2D eigenvalue weighted by Crippen LogP contribution is -2.30. The van der Waals surface area contributed by atoms with Crippen molar-refractivity contribution >= 4 is 17.5 Å². The van der Waals surface area contributed by atoms with Gasteiger partial charge >= 0.3 is 6.03 Å². The second-order valence-electron chi connectivity index (χ2n) is 5.41. The van der Waals surface area contributed by atoms with Crippen LogP contribution in [-0.2, 0) is 0 Å². The van der Waals surface area contributed by atoms with Gasteiger partial charge in [0.2, 0.25) is 0 Å². The minimum absolute atomic E-state index is 0.148. The third kappa shape index (κ3) is 5.16. The second kappa shape index (κ2) is 6.41. The van der Waals surface area contributed by atoms with E-state index in [4.69, 9.17) is 0 Å². The van der Waals surface area contributed by atoms with Crippen LogP contribution >= 0.6 is 0 Å². The maximum atomic E-state index is 11.5. The lowest BCUT2D eigenvalue weighted by molar-refractivity contribution is 0.251. The minimum Gasteiger partial charge on any atom is -0.370 e. The van der Waals surface area contributed by atoms with Crippen molar-refractivity contribution in [1.82, 2.24) is 10.3 Å². The summed E-state index contributed by atoms with van der Waals surface area (Å²) in [5, 5.41) is 8.90. The molecule has 0 atom stereocenters.